The summed E-state index contributed by atoms with van der Waals surface area (Å²) in [5.41, 5.74) is 7.52. The molecule has 36 heavy (non-hydrogen) atoms. The van der Waals surface area contributed by atoms with E-state index in [0.717, 1.165) is 0 Å². The Kier molecular flexibility index (Phi) is 5.22. The van der Waals surface area contributed by atoms with Crippen LogP contribution in [0.2, 0.25) is 0 Å². The highest BCUT2D eigenvalue weighted by atomic mass is 19.3. The Morgan fingerprint density at radius 2 is 1.83 bits per heavy atom. The van der Waals surface area contributed by atoms with E-state index in [0.29, 0.717) is 60.4 Å². The average Bonchev–Trinajstić information content (AvgIpc) is 3.16. The molecular weight excluding hydrogens is 471 g/mol. The predicted molar refractivity (Wildman–Crippen MR) is 127 cm³/mol. The highest BCUT2D eigenvalue weighted by Gasteiger charge is 2.54. The lowest BCUT2D eigenvalue weighted by Gasteiger charge is -2.47. The molecule has 0 amide bonds. The third-order valence-corrected chi connectivity index (χ3v) is 6.86. The van der Waals surface area contributed by atoms with E-state index < -0.39 is 18.1 Å². The van der Waals surface area contributed by atoms with Gasteiger partial charge in [0.1, 0.15) is 11.6 Å². The lowest BCUT2D eigenvalue weighted by Crippen LogP contribution is -2.60. The van der Waals surface area contributed by atoms with Crippen molar-refractivity contribution in [3.8, 4) is 16.9 Å². The van der Waals surface area contributed by atoms with E-state index in [1.807, 2.05) is 23.1 Å². The molecule has 1 fully saturated rings. The summed E-state index contributed by atoms with van der Waals surface area (Å²) in [4.78, 5) is 15.5. The first kappa shape index (κ1) is 22.5. The van der Waals surface area contributed by atoms with E-state index in [1.54, 1.807) is 30.3 Å². The van der Waals surface area contributed by atoms with E-state index >= 15 is 0 Å². The van der Waals surface area contributed by atoms with Gasteiger partial charge in [-0.3, -0.25) is 9.89 Å². The summed E-state index contributed by atoms with van der Waals surface area (Å²) in [6, 6.07) is 16.9. The van der Waals surface area contributed by atoms with Gasteiger partial charge in [-0.25, -0.2) is 9.98 Å². The zero-order chi connectivity index (χ0) is 24.9. The van der Waals surface area contributed by atoms with Crippen LogP contribution in [0.4, 0.5) is 13.2 Å². The number of hydrogen-bond acceptors (Lipinski definition) is 7. The van der Waals surface area contributed by atoms with Crippen LogP contribution >= 0.6 is 0 Å². The maximum atomic E-state index is 14.5. The number of aromatic nitrogens is 1. The average molecular weight is 493 g/mol. The fraction of sp³-hybridized carbons (Fsp3) is 0.269. The zero-order valence-corrected chi connectivity index (χ0v) is 19.1. The van der Waals surface area contributed by atoms with Crippen LogP contribution in [0.1, 0.15) is 11.1 Å². The van der Waals surface area contributed by atoms with E-state index in [9.17, 15) is 13.2 Å². The molecule has 0 saturated carbocycles. The van der Waals surface area contributed by atoms with Gasteiger partial charge in [-0.2, -0.15) is 13.2 Å². The Morgan fingerprint density at radius 1 is 1.03 bits per heavy atom. The van der Waals surface area contributed by atoms with E-state index in [2.05, 4.69) is 9.72 Å². The third-order valence-electron chi connectivity index (χ3n) is 6.86. The lowest BCUT2D eigenvalue weighted by molar-refractivity contribution is -0.112. The van der Waals surface area contributed by atoms with Crippen molar-refractivity contribution >= 4 is 11.8 Å². The van der Waals surface area contributed by atoms with Gasteiger partial charge in [-0.05, 0) is 47.0 Å². The molecule has 1 spiro atoms. The summed E-state index contributed by atoms with van der Waals surface area (Å²) in [5.74, 6) is 0.364. The first-order valence-electron chi connectivity index (χ1n) is 11.4. The third kappa shape index (κ3) is 3.51. The smallest absolute Gasteiger partial charge is 0.387 e. The van der Waals surface area contributed by atoms with Crippen molar-refractivity contribution in [1.82, 2.24) is 9.88 Å². The number of alkyl halides is 2. The second kappa shape index (κ2) is 8.34. The standard InChI is InChI=1S/C26H22F3N5O2/c27-21-20(5-2-10-31-21)16-3-1-4-18(11-16)26(17-6-8-19(9-7-17)36-23(28)29)22-32-12-25(14-35-15-25)13-34(22)24(30)33-26/h1-11,23H,12-15H2,(H2,30,33). The minimum absolute atomic E-state index is 0.0260. The van der Waals surface area contributed by atoms with Crippen molar-refractivity contribution in [2.45, 2.75) is 12.2 Å². The summed E-state index contributed by atoms with van der Waals surface area (Å²) in [7, 11) is 0. The van der Waals surface area contributed by atoms with Gasteiger partial charge >= 0.3 is 6.61 Å². The molecule has 2 aromatic carbocycles. The van der Waals surface area contributed by atoms with Crippen LogP contribution in [0.25, 0.3) is 11.1 Å². The molecule has 1 unspecified atom stereocenters. The number of halogens is 3. The Hall–Kier alpha value is -3.92. The molecule has 6 rings (SSSR count). The van der Waals surface area contributed by atoms with Gasteiger partial charge in [0.2, 0.25) is 5.95 Å². The Balaban J connectivity index is 1.52. The highest BCUT2D eigenvalue weighted by Crippen LogP contribution is 2.45. The SMILES string of the molecule is NC1=NC(c2ccc(OC(F)F)cc2)(c2cccc(-c3cccnc3F)c2)C2=NCC3(COC3)CN12. The van der Waals surface area contributed by atoms with Gasteiger partial charge in [0.05, 0.1) is 25.2 Å². The Labute approximate surface area is 205 Å². The topological polar surface area (TPSA) is 85.3 Å². The number of fused-ring (bicyclic) bond motifs is 1. The molecule has 10 heteroatoms. The van der Waals surface area contributed by atoms with E-state index in [4.69, 9.17) is 20.5 Å². The number of nitrogens with zero attached hydrogens (tertiary/aromatic N) is 4. The quantitative estimate of drug-likeness (QED) is 0.547. The molecule has 4 heterocycles. The first-order chi connectivity index (χ1) is 17.4. The molecule has 0 radical (unpaired) electrons. The van der Waals surface area contributed by atoms with Crippen LogP contribution in [-0.4, -0.2) is 54.6 Å². The molecule has 0 aliphatic carbocycles. The molecule has 0 bridgehead atoms. The summed E-state index contributed by atoms with van der Waals surface area (Å²) < 4.78 is 50.0. The molecule has 3 aliphatic heterocycles. The van der Waals surface area contributed by atoms with Gasteiger partial charge in [0.15, 0.2) is 11.5 Å². The Bertz CT molecular complexity index is 1370. The number of benzene rings is 2. The number of rotatable bonds is 5. The van der Waals surface area contributed by atoms with Crippen molar-refractivity contribution in [2.75, 3.05) is 26.3 Å². The van der Waals surface area contributed by atoms with Gasteiger partial charge in [0, 0.05) is 18.3 Å². The fourth-order valence-corrected chi connectivity index (χ4v) is 5.09. The van der Waals surface area contributed by atoms with Crippen molar-refractivity contribution in [3.63, 3.8) is 0 Å². The van der Waals surface area contributed by atoms with Crippen LogP contribution in [-0.2, 0) is 10.3 Å². The first-order valence-corrected chi connectivity index (χ1v) is 11.4. The normalized spacial score (nSPS) is 22.2. The number of guanidine groups is 1. The molecule has 3 aliphatic rings. The number of ether oxygens (including phenoxy) is 2. The summed E-state index contributed by atoms with van der Waals surface area (Å²) in [6.07, 6.45) is 1.39. The van der Waals surface area contributed by atoms with Crippen LogP contribution < -0.4 is 10.5 Å². The van der Waals surface area contributed by atoms with Crippen molar-refractivity contribution < 1.29 is 22.6 Å². The number of hydrogen-bond donors (Lipinski definition) is 1. The number of amidine groups is 1. The minimum atomic E-state index is -2.94. The molecule has 1 saturated heterocycles. The second-order valence-electron chi connectivity index (χ2n) is 9.22. The minimum Gasteiger partial charge on any atom is -0.435 e. The van der Waals surface area contributed by atoms with Gasteiger partial charge in [-0.15, -0.1) is 0 Å². The fourth-order valence-electron chi connectivity index (χ4n) is 5.09. The summed E-state index contributed by atoms with van der Waals surface area (Å²) >= 11 is 0. The Morgan fingerprint density at radius 3 is 2.53 bits per heavy atom. The molecule has 3 aromatic rings. The molecule has 7 nitrogen and oxygen atoms in total. The van der Waals surface area contributed by atoms with E-state index in [1.165, 1.54) is 18.3 Å². The maximum absolute atomic E-state index is 14.5. The number of pyridine rings is 1. The number of nitrogens with two attached hydrogens (primary N) is 1. The monoisotopic (exact) mass is 493 g/mol. The zero-order valence-electron chi connectivity index (χ0n) is 19.1. The maximum Gasteiger partial charge on any atom is 0.387 e. The van der Waals surface area contributed by atoms with Crippen molar-refractivity contribution in [3.05, 3.63) is 83.9 Å². The highest BCUT2D eigenvalue weighted by molar-refractivity contribution is 6.12. The van der Waals surface area contributed by atoms with Gasteiger partial charge in [-0.1, -0.05) is 30.3 Å². The predicted octanol–water partition coefficient (Wildman–Crippen LogP) is 3.79. The molecule has 1 atom stereocenters. The molecular formula is C26H22F3N5O2. The van der Waals surface area contributed by atoms with Crippen LogP contribution in [0.15, 0.2) is 76.8 Å². The van der Waals surface area contributed by atoms with Crippen LogP contribution in [0.3, 0.4) is 0 Å². The lowest BCUT2D eigenvalue weighted by atomic mass is 9.78. The largest absolute Gasteiger partial charge is 0.435 e. The van der Waals surface area contributed by atoms with E-state index in [-0.39, 0.29) is 11.2 Å². The molecule has 1 aromatic heterocycles. The summed E-state index contributed by atoms with van der Waals surface area (Å²) in [5, 5.41) is 0. The van der Waals surface area contributed by atoms with Gasteiger partial charge in [0.25, 0.3) is 0 Å². The van der Waals surface area contributed by atoms with Crippen molar-refractivity contribution in [2.24, 2.45) is 21.1 Å². The molecule has 2 N–H and O–H groups in total. The number of aliphatic imine (C=N–C) groups is 2. The molecule has 184 valence electrons. The second-order valence-corrected chi connectivity index (χ2v) is 9.22. The van der Waals surface area contributed by atoms with Crippen molar-refractivity contribution in [1.29, 1.82) is 0 Å². The summed E-state index contributed by atoms with van der Waals surface area (Å²) in [6.45, 7) is -0.597. The van der Waals surface area contributed by atoms with Gasteiger partial charge < -0.3 is 15.2 Å². The van der Waals surface area contributed by atoms with Crippen LogP contribution in [0, 0.1) is 11.4 Å². The van der Waals surface area contributed by atoms with Crippen LogP contribution in [0.5, 0.6) is 5.75 Å².